The Kier molecular flexibility index (Phi) is 5.62. The molecular formula is C18H20O5S. The van der Waals surface area contributed by atoms with E-state index in [1.54, 1.807) is 31.4 Å². The van der Waals surface area contributed by atoms with Crippen molar-refractivity contribution in [3.63, 3.8) is 0 Å². The van der Waals surface area contributed by atoms with Crippen LogP contribution >= 0.6 is 0 Å². The molecule has 0 aromatic heterocycles. The van der Waals surface area contributed by atoms with E-state index in [-0.39, 0.29) is 12.4 Å². The van der Waals surface area contributed by atoms with E-state index in [4.69, 9.17) is 9.47 Å². The Balaban J connectivity index is 2.04. The fourth-order valence-corrected chi connectivity index (χ4v) is 3.08. The molecule has 0 aliphatic rings. The third-order valence-corrected chi connectivity index (χ3v) is 4.27. The molecule has 0 saturated carbocycles. The molecule has 0 N–H and O–H groups in total. The molecule has 0 saturated heterocycles. The van der Waals surface area contributed by atoms with Gasteiger partial charge in [-0.25, -0.2) is 13.2 Å². The maximum absolute atomic E-state index is 12.1. The predicted octanol–water partition coefficient (Wildman–Crippen LogP) is 2.91. The minimum atomic E-state index is -3.10. The molecule has 0 amide bonds. The zero-order chi connectivity index (χ0) is 17.7. The normalized spacial score (nSPS) is 11.1. The molecule has 2 aromatic rings. The van der Waals surface area contributed by atoms with E-state index in [0.717, 1.165) is 11.1 Å². The quantitative estimate of drug-likeness (QED) is 0.751. The van der Waals surface area contributed by atoms with Crippen molar-refractivity contribution in [2.24, 2.45) is 0 Å². The molecule has 0 aliphatic carbocycles. The van der Waals surface area contributed by atoms with E-state index < -0.39 is 15.8 Å². The SMILES string of the molecule is COc1ccc(C)cc1COC(=O)c1ccc(CS(C)(=O)=O)cc1. The number of sulfone groups is 1. The third kappa shape index (κ3) is 5.09. The van der Waals surface area contributed by atoms with Gasteiger partial charge in [0.2, 0.25) is 0 Å². The molecule has 6 heteroatoms. The van der Waals surface area contributed by atoms with Crippen LogP contribution < -0.4 is 4.74 Å². The van der Waals surface area contributed by atoms with Crippen LogP contribution in [0.25, 0.3) is 0 Å². The van der Waals surface area contributed by atoms with Crippen molar-refractivity contribution in [2.75, 3.05) is 13.4 Å². The van der Waals surface area contributed by atoms with Crippen molar-refractivity contribution < 1.29 is 22.7 Å². The average Bonchev–Trinajstić information content (AvgIpc) is 2.52. The zero-order valence-corrected chi connectivity index (χ0v) is 14.7. The van der Waals surface area contributed by atoms with Crippen molar-refractivity contribution in [1.29, 1.82) is 0 Å². The van der Waals surface area contributed by atoms with Crippen LogP contribution in [0.5, 0.6) is 5.75 Å². The van der Waals surface area contributed by atoms with Gasteiger partial charge in [0.25, 0.3) is 0 Å². The van der Waals surface area contributed by atoms with E-state index >= 15 is 0 Å². The Morgan fingerprint density at radius 3 is 2.33 bits per heavy atom. The summed E-state index contributed by atoms with van der Waals surface area (Å²) in [5, 5.41) is 0. The Bertz CT molecular complexity index is 823. The van der Waals surface area contributed by atoms with Crippen LogP contribution in [0.1, 0.15) is 27.0 Å². The molecule has 128 valence electrons. The molecule has 0 spiro atoms. The third-order valence-electron chi connectivity index (χ3n) is 3.41. The second-order valence-corrected chi connectivity index (χ2v) is 7.80. The van der Waals surface area contributed by atoms with Crippen molar-refractivity contribution in [3.8, 4) is 5.75 Å². The lowest BCUT2D eigenvalue weighted by molar-refractivity contribution is 0.0470. The fourth-order valence-electron chi connectivity index (χ4n) is 2.29. The summed E-state index contributed by atoms with van der Waals surface area (Å²) in [6.45, 7) is 2.06. The van der Waals surface area contributed by atoms with Crippen LogP contribution in [0.15, 0.2) is 42.5 Å². The van der Waals surface area contributed by atoms with Gasteiger partial charge in [0.05, 0.1) is 18.4 Å². The molecule has 0 aliphatic heterocycles. The lowest BCUT2D eigenvalue weighted by Gasteiger charge is -2.10. The second kappa shape index (κ2) is 7.49. The number of carbonyl (C=O) groups excluding carboxylic acids is 1. The number of benzene rings is 2. The summed E-state index contributed by atoms with van der Waals surface area (Å²) in [4.78, 5) is 12.1. The lowest BCUT2D eigenvalue weighted by atomic mass is 10.1. The van der Waals surface area contributed by atoms with Crippen LogP contribution in [-0.2, 0) is 26.9 Å². The van der Waals surface area contributed by atoms with Crippen molar-refractivity contribution in [3.05, 3.63) is 64.7 Å². The summed E-state index contributed by atoms with van der Waals surface area (Å²) in [6, 6.07) is 12.0. The summed E-state index contributed by atoms with van der Waals surface area (Å²) < 4.78 is 33.1. The molecule has 0 fully saturated rings. The summed E-state index contributed by atoms with van der Waals surface area (Å²) >= 11 is 0. The fraction of sp³-hybridized carbons (Fsp3) is 0.278. The smallest absolute Gasteiger partial charge is 0.338 e. The Morgan fingerprint density at radius 1 is 1.08 bits per heavy atom. The Morgan fingerprint density at radius 2 is 1.75 bits per heavy atom. The highest BCUT2D eigenvalue weighted by atomic mass is 32.2. The highest BCUT2D eigenvalue weighted by Crippen LogP contribution is 2.21. The Hall–Kier alpha value is -2.34. The molecular weight excluding hydrogens is 328 g/mol. The number of hydrogen-bond donors (Lipinski definition) is 0. The number of hydrogen-bond acceptors (Lipinski definition) is 5. The maximum atomic E-state index is 12.1. The van der Waals surface area contributed by atoms with Crippen LogP contribution in [0.3, 0.4) is 0 Å². The molecule has 0 bridgehead atoms. The molecule has 0 radical (unpaired) electrons. The topological polar surface area (TPSA) is 69.7 Å². The summed E-state index contributed by atoms with van der Waals surface area (Å²) in [5.41, 5.74) is 2.85. The van der Waals surface area contributed by atoms with E-state index in [2.05, 4.69) is 0 Å². The molecule has 24 heavy (non-hydrogen) atoms. The van der Waals surface area contributed by atoms with Gasteiger partial charge in [-0.05, 0) is 36.8 Å². The standard InChI is InChI=1S/C18H20O5S/c1-13-4-9-17(22-2)16(10-13)11-23-18(19)15-7-5-14(6-8-15)12-24(3,20)21/h4-10H,11-12H2,1-3H3. The first-order chi connectivity index (χ1) is 11.3. The molecule has 2 rings (SSSR count). The molecule has 5 nitrogen and oxygen atoms in total. The first kappa shape index (κ1) is 18.0. The van der Waals surface area contributed by atoms with Crippen LogP contribution in [0.4, 0.5) is 0 Å². The van der Waals surface area contributed by atoms with Gasteiger partial charge in [0, 0.05) is 11.8 Å². The second-order valence-electron chi connectivity index (χ2n) is 5.66. The number of rotatable bonds is 6. The van der Waals surface area contributed by atoms with E-state index in [1.165, 1.54) is 6.26 Å². The largest absolute Gasteiger partial charge is 0.496 e. The molecule has 0 heterocycles. The van der Waals surface area contributed by atoms with Gasteiger partial charge in [0.1, 0.15) is 12.4 Å². The minimum absolute atomic E-state index is 0.0528. The van der Waals surface area contributed by atoms with E-state index in [1.807, 2.05) is 25.1 Å². The van der Waals surface area contributed by atoms with E-state index in [9.17, 15) is 13.2 Å². The first-order valence-corrected chi connectivity index (χ1v) is 9.42. The van der Waals surface area contributed by atoms with Crippen molar-refractivity contribution >= 4 is 15.8 Å². The van der Waals surface area contributed by atoms with Crippen LogP contribution in [0, 0.1) is 6.92 Å². The number of methoxy groups -OCH3 is 1. The molecule has 2 aromatic carbocycles. The summed E-state index contributed by atoms with van der Waals surface area (Å²) in [6.07, 6.45) is 1.17. The van der Waals surface area contributed by atoms with Crippen molar-refractivity contribution in [2.45, 2.75) is 19.3 Å². The number of ether oxygens (including phenoxy) is 2. The van der Waals surface area contributed by atoms with Crippen LogP contribution in [-0.4, -0.2) is 27.8 Å². The average molecular weight is 348 g/mol. The molecule has 0 atom stereocenters. The van der Waals surface area contributed by atoms with Gasteiger partial charge >= 0.3 is 5.97 Å². The summed E-state index contributed by atoms with van der Waals surface area (Å²) in [5.74, 6) is 0.143. The van der Waals surface area contributed by atoms with Gasteiger partial charge in [-0.1, -0.05) is 23.8 Å². The highest BCUT2D eigenvalue weighted by Gasteiger charge is 2.11. The van der Waals surface area contributed by atoms with E-state index in [0.29, 0.717) is 16.9 Å². The first-order valence-electron chi connectivity index (χ1n) is 7.36. The van der Waals surface area contributed by atoms with Gasteiger partial charge in [0.15, 0.2) is 9.84 Å². The van der Waals surface area contributed by atoms with Gasteiger partial charge in [-0.2, -0.15) is 0 Å². The summed E-state index contributed by atoms with van der Waals surface area (Å²) in [7, 11) is -1.53. The zero-order valence-electron chi connectivity index (χ0n) is 13.9. The van der Waals surface area contributed by atoms with Gasteiger partial charge in [-0.15, -0.1) is 0 Å². The maximum Gasteiger partial charge on any atom is 0.338 e. The predicted molar refractivity (Wildman–Crippen MR) is 91.8 cm³/mol. The van der Waals surface area contributed by atoms with Gasteiger partial charge in [-0.3, -0.25) is 0 Å². The number of esters is 1. The monoisotopic (exact) mass is 348 g/mol. The number of aryl methyl sites for hydroxylation is 1. The minimum Gasteiger partial charge on any atom is -0.496 e. The lowest BCUT2D eigenvalue weighted by Crippen LogP contribution is -2.07. The van der Waals surface area contributed by atoms with Crippen molar-refractivity contribution in [1.82, 2.24) is 0 Å². The number of carbonyl (C=O) groups is 1. The van der Waals surface area contributed by atoms with Crippen LogP contribution in [0.2, 0.25) is 0 Å². The Labute approximate surface area is 142 Å². The van der Waals surface area contributed by atoms with Gasteiger partial charge < -0.3 is 9.47 Å². The highest BCUT2D eigenvalue weighted by molar-refractivity contribution is 7.89. The molecule has 0 unspecified atom stereocenters.